The van der Waals surface area contributed by atoms with Crippen LogP contribution < -0.4 is 5.32 Å². The van der Waals surface area contributed by atoms with Crippen LogP contribution in [-0.4, -0.2) is 6.54 Å². The Morgan fingerprint density at radius 2 is 1.81 bits per heavy atom. The van der Waals surface area contributed by atoms with Crippen molar-refractivity contribution >= 4 is 28.8 Å². The summed E-state index contributed by atoms with van der Waals surface area (Å²) in [4.78, 5) is 0. The van der Waals surface area contributed by atoms with Gasteiger partial charge in [-0.25, -0.2) is 0 Å². The minimum absolute atomic E-state index is 0.666. The standard InChI is InChI=1S/C13H13Cl2N/c14-11-6-8-3-4-13-9(2-1-5-16-13)10(8)7-12(11)15/h6-7,16H,1-5H2. The average Bonchev–Trinajstić information content (AvgIpc) is 2.31. The Labute approximate surface area is 105 Å². The molecule has 1 nitrogen and oxygen atoms in total. The zero-order valence-electron chi connectivity index (χ0n) is 8.95. The van der Waals surface area contributed by atoms with Crippen LogP contribution in [0.5, 0.6) is 0 Å². The molecule has 0 atom stereocenters. The molecule has 0 saturated carbocycles. The molecule has 1 N–H and O–H groups in total. The van der Waals surface area contributed by atoms with Crippen LogP contribution in [-0.2, 0) is 6.42 Å². The molecule has 0 spiro atoms. The second-order valence-electron chi connectivity index (χ2n) is 4.41. The van der Waals surface area contributed by atoms with Crippen molar-refractivity contribution in [2.75, 3.05) is 6.54 Å². The summed E-state index contributed by atoms with van der Waals surface area (Å²) in [6.07, 6.45) is 4.55. The van der Waals surface area contributed by atoms with Crippen molar-refractivity contribution in [3.05, 3.63) is 39.0 Å². The number of halogens is 2. The summed E-state index contributed by atoms with van der Waals surface area (Å²) in [6.45, 7) is 1.11. The predicted molar refractivity (Wildman–Crippen MR) is 68.9 cm³/mol. The molecule has 0 amide bonds. The van der Waals surface area contributed by atoms with Crippen LogP contribution in [0.15, 0.2) is 17.8 Å². The van der Waals surface area contributed by atoms with Gasteiger partial charge in [0.15, 0.2) is 0 Å². The SMILES string of the molecule is Clc1cc2c(cc1Cl)C1=C(CC2)NCCC1. The van der Waals surface area contributed by atoms with Gasteiger partial charge in [-0.15, -0.1) is 0 Å². The molecule has 0 unspecified atom stereocenters. The van der Waals surface area contributed by atoms with E-state index in [4.69, 9.17) is 23.2 Å². The second-order valence-corrected chi connectivity index (χ2v) is 5.23. The van der Waals surface area contributed by atoms with Crippen molar-refractivity contribution in [3.8, 4) is 0 Å². The Hall–Kier alpha value is -0.660. The van der Waals surface area contributed by atoms with Gasteiger partial charge in [0, 0.05) is 12.2 Å². The van der Waals surface area contributed by atoms with Gasteiger partial charge in [-0.2, -0.15) is 0 Å². The fraction of sp³-hybridized carbons (Fsp3) is 0.385. The lowest BCUT2D eigenvalue weighted by Gasteiger charge is -2.28. The van der Waals surface area contributed by atoms with Crippen molar-refractivity contribution in [1.82, 2.24) is 5.32 Å². The van der Waals surface area contributed by atoms with E-state index in [1.54, 1.807) is 0 Å². The number of aryl methyl sites for hydroxylation is 1. The first-order valence-electron chi connectivity index (χ1n) is 5.70. The molecule has 2 aliphatic rings. The quantitative estimate of drug-likeness (QED) is 0.736. The van der Waals surface area contributed by atoms with Gasteiger partial charge in [0.05, 0.1) is 10.0 Å². The number of hydrogen-bond donors (Lipinski definition) is 1. The van der Waals surface area contributed by atoms with Crippen LogP contribution in [0.4, 0.5) is 0 Å². The van der Waals surface area contributed by atoms with Crippen molar-refractivity contribution in [1.29, 1.82) is 0 Å². The molecule has 3 rings (SSSR count). The molecule has 1 aromatic rings. The van der Waals surface area contributed by atoms with E-state index < -0.39 is 0 Å². The molecular formula is C13H13Cl2N. The number of benzene rings is 1. The molecule has 3 heteroatoms. The van der Waals surface area contributed by atoms with E-state index in [0.717, 1.165) is 25.8 Å². The molecule has 0 saturated heterocycles. The first-order chi connectivity index (χ1) is 7.75. The van der Waals surface area contributed by atoms with Gasteiger partial charge in [0.2, 0.25) is 0 Å². The topological polar surface area (TPSA) is 12.0 Å². The van der Waals surface area contributed by atoms with E-state index in [1.807, 2.05) is 12.1 Å². The van der Waals surface area contributed by atoms with Crippen molar-refractivity contribution in [2.45, 2.75) is 25.7 Å². The van der Waals surface area contributed by atoms with Crippen LogP contribution >= 0.6 is 23.2 Å². The van der Waals surface area contributed by atoms with Crippen LogP contribution in [0.1, 0.15) is 30.4 Å². The molecule has 1 aliphatic heterocycles. The van der Waals surface area contributed by atoms with Crippen molar-refractivity contribution < 1.29 is 0 Å². The van der Waals surface area contributed by atoms with E-state index in [-0.39, 0.29) is 0 Å². The van der Waals surface area contributed by atoms with Gasteiger partial charge in [-0.05, 0) is 54.5 Å². The number of rotatable bonds is 0. The lowest BCUT2D eigenvalue weighted by Crippen LogP contribution is -2.24. The number of hydrogen-bond acceptors (Lipinski definition) is 1. The zero-order valence-corrected chi connectivity index (χ0v) is 10.5. The molecule has 0 fully saturated rings. The van der Waals surface area contributed by atoms with Crippen LogP contribution in [0.3, 0.4) is 0 Å². The second kappa shape index (κ2) is 3.97. The average molecular weight is 254 g/mol. The minimum Gasteiger partial charge on any atom is -0.388 e. The molecule has 16 heavy (non-hydrogen) atoms. The van der Waals surface area contributed by atoms with Gasteiger partial charge in [-0.1, -0.05) is 23.2 Å². The van der Waals surface area contributed by atoms with Crippen LogP contribution in [0.2, 0.25) is 10.0 Å². The van der Waals surface area contributed by atoms with Crippen LogP contribution in [0, 0.1) is 0 Å². The normalized spacial score (nSPS) is 18.9. The first-order valence-corrected chi connectivity index (χ1v) is 6.45. The Morgan fingerprint density at radius 1 is 1.00 bits per heavy atom. The maximum absolute atomic E-state index is 6.10. The first kappa shape index (κ1) is 10.5. The number of fused-ring (bicyclic) bond motifs is 2. The van der Waals surface area contributed by atoms with Gasteiger partial charge in [-0.3, -0.25) is 0 Å². The smallest absolute Gasteiger partial charge is 0.0598 e. The molecule has 1 aromatic carbocycles. The van der Waals surface area contributed by atoms with Crippen LogP contribution in [0.25, 0.3) is 5.57 Å². The molecular weight excluding hydrogens is 241 g/mol. The summed E-state index contributed by atoms with van der Waals surface area (Å²) < 4.78 is 0. The summed E-state index contributed by atoms with van der Waals surface area (Å²) in [5.74, 6) is 0. The Balaban J connectivity index is 2.16. The third-order valence-electron chi connectivity index (χ3n) is 3.42. The highest BCUT2D eigenvalue weighted by atomic mass is 35.5. The fourth-order valence-corrected chi connectivity index (χ4v) is 2.98. The Kier molecular flexibility index (Phi) is 2.61. The van der Waals surface area contributed by atoms with E-state index in [1.165, 1.54) is 28.8 Å². The van der Waals surface area contributed by atoms with E-state index in [0.29, 0.717) is 10.0 Å². The molecule has 0 radical (unpaired) electrons. The lowest BCUT2D eigenvalue weighted by molar-refractivity contribution is 0.657. The molecule has 0 aromatic heterocycles. The van der Waals surface area contributed by atoms with E-state index >= 15 is 0 Å². The highest BCUT2D eigenvalue weighted by molar-refractivity contribution is 6.42. The highest BCUT2D eigenvalue weighted by Crippen LogP contribution is 2.38. The van der Waals surface area contributed by atoms with Gasteiger partial charge < -0.3 is 5.32 Å². The third kappa shape index (κ3) is 1.63. The Morgan fingerprint density at radius 3 is 2.69 bits per heavy atom. The molecule has 1 heterocycles. The maximum atomic E-state index is 6.10. The summed E-state index contributed by atoms with van der Waals surface area (Å²) in [5.41, 5.74) is 5.52. The molecule has 84 valence electrons. The fourth-order valence-electron chi connectivity index (χ4n) is 2.63. The van der Waals surface area contributed by atoms with Gasteiger partial charge in [0.1, 0.15) is 0 Å². The summed E-state index contributed by atoms with van der Waals surface area (Å²) in [7, 11) is 0. The van der Waals surface area contributed by atoms with E-state index in [9.17, 15) is 0 Å². The van der Waals surface area contributed by atoms with Crippen molar-refractivity contribution in [3.63, 3.8) is 0 Å². The predicted octanol–water partition coefficient (Wildman–Crippen LogP) is 4.03. The monoisotopic (exact) mass is 253 g/mol. The maximum Gasteiger partial charge on any atom is 0.0598 e. The zero-order chi connectivity index (χ0) is 11.1. The van der Waals surface area contributed by atoms with Gasteiger partial charge in [0.25, 0.3) is 0 Å². The number of allylic oxidation sites excluding steroid dienone is 2. The molecule has 0 bridgehead atoms. The number of nitrogens with one attached hydrogen (secondary N) is 1. The summed E-state index contributed by atoms with van der Waals surface area (Å²) in [5, 5.41) is 4.84. The van der Waals surface area contributed by atoms with Crippen molar-refractivity contribution in [2.24, 2.45) is 0 Å². The Bertz CT molecular complexity index is 477. The summed E-state index contributed by atoms with van der Waals surface area (Å²) in [6, 6.07) is 4.05. The lowest BCUT2D eigenvalue weighted by atomic mass is 9.85. The highest BCUT2D eigenvalue weighted by Gasteiger charge is 2.22. The van der Waals surface area contributed by atoms with E-state index in [2.05, 4.69) is 5.32 Å². The molecule has 1 aliphatic carbocycles. The summed E-state index contributed by atoms with van der Waals surface area (Å²) >= 11 is 12.2. The third-order valence-corrected chi connectivity index (χ3v) is 4.14. The van der Waals surface area contributed by atoms with Gasteiger partial charge >= 0.3 is 0 Å². The minimum atomic E-state index is 0.666. The largest absolute Gasteiger partial charge is 0.388 e.